The van der Waals surface area contributed by atoms with Gasteiger partial charge in [0, 0.05) is 13.0 Å². The van der Waals surface area contributed by atoms with Crippen LogP contribution in [0, 0.1) is 11.8 Å². The molecule has 5 nitrogen and oxygen atoms in total. The fourth-order valence-corrected chi connectivity index (χ4v) is 5.05. The van der Waals surface area contributed by atoms with Crippen molar-refractivity contribution in [3.05, 3.63) is 0 Å². The average Bonchev–Trinajstić information content (AvgIpc) is 2.43. The zero-order chi connectivity index (χ0) is 18.3. The van der Waals surface area contributed by atoms with Crippen molar-refractivity contribution in [2.24, 2.45) is 11.8 Å². The van der Waals surface area contributed by atoms with Crippen molar-refractivity contribution in [2.45, 2.75) is 83.3 Å². The van der Waals surface area contributed by atoms with Crippen molar-refractivity contribution in [3.63, 3.8) is 0 Å². The zero-order valence-electron chi connectivity index (χ0n) is 16.1. The van der Waals surface area contributed by atoms with E-state index in [1.54, 1.807) is 7.11 Å². The molecule has 1 amide bonds. The zero-order valence-corrected chi connectivity index (χ0v) is 17.1. The van der Waals surface area contributed by atoms with Gasteiger partial charge in [0.15, 0.2) is 14.1 Å². The highest BCUT2D eigenvalue weighted by Gasteiger charge is 2.52. The Labute approximate surface area is 147 Å². The molecule has 138 valence electrons. The van der Waals surface area contributed by atoms with Crippen molar-refractivity contribution in [3.8, 4) is 0 Å². The lowest BCUT2D eigenvalue weighted by Gasteiger charge is -2.48. The first-order valence-corrected chi connectivity index (χ1v) is 11.9. The molecule has 1 aliphatic carbocycles. The first-order chi connectivity index (χ1) is 11.0. The Morgan fingerprint density at radius 2 is 1.83 bits per heavy atom. The third-order valence-electron chi connectivity index (χ3n) is 6.17. The highest BCUT2D eigenvalue weighted by molar-refractivity contribution is 6.74. The number of carbonyl (C=O) groups is 2. The van der Waals surface area contributed by atoms with E-state index >= 15 is 0 Å². The van der Waals surface area contributed by atoms with Gasteiger partial charge in [-0.15, -0.1) is 0 Å². The summed E-state index contributed by atoms with van der Waals surface area (Å²) < 4.78 is 11.7. The monoisotopic (exact) mass is 355 g/mol. The molecule has 1 saturated carbocycles. The van der Waals surface area contributed by atoms with Gasteiger partial charge >= 0.3 is 0 Å². The number of carbonyl (C=O) groups excluding carboxylic acids is 2. The number of β-lactam (4-membered cyclic amide) rings is 1. The molecule has 5 atom stereocenters. The third-order valence-corrected chi connectivity index (χ3v) is 10.7. The Kier molecular flexibility index (Phi) is 5.62. The highest BCUT2D eigenvalue weighted by atomic mass is 28.4. The van der Waals surface area contributed by atoms with Gasteiger partial charge in [-0.05, 0) is 44.3 Å². The molecule has 1 heterocycles. The molecule has 2 fully saturated rings. The van der Waals surface area contributed by atoms with E-state index < -0.39 is 8.32 Å². The summed E-state index contributed by atoms with van der Waals surface area (Å²) in [7, 11) is -0.361. The summed E-state index contributed by atoms with van der Waals surface area (Å²) in [6, 6.07) is -0.109. The van der Waals surface area contributed by atoms with Gasteiger partial charge in [-0.1, -0.05) is 20.8 Å². The summed E-state index contributed by atoms with van der Waals surface area (Å²) in [6.45, 7) is 13.0. The van der Waals surface area contributed by atoms with Crippen LogP contribution in [0.1, 0.15) is 47.0 Å². The van der Waals surface area contributed by atoms with Crippen LogP contribution in [0.25, 0.3) is 0 Å². The molecule has 6 heteroatoms. The number of methoxy groups -OCH3 is 1. The van der Waals surface area contributed by atoms with Gasteiger partial charge in [-0.3, -0.25) is 9.59 Å². The molecule has 0 aromatic rings. The lowest BCUT2D eigenvalue weighted by Crippen LogP contribution is -2.68. The fourth-order valence-electron chi connectivity index (χ4n) is 3.62. The van der Waals surface area contributed by atoms with Crippen LogP contribution in [0.4, 0.5) is 0 Å². The van der Waals surface area contributed by atoms with Crippen molar-refractivity contribution >= 4 is 20.0 Å². The van der Waals surface area contributed by atoms with Crippen molar-refractivity contribution < 1.29 is 18.8 Å². The summed E-state index contributed by atoms with van der Waals surface area (Å²) in [5.74, 6) is -0.225. The van der Waals surface area contributed by atoms with Crippen LogP contribution in [-0.2, 0) is 18.8 Å². The molecular formula is C18H33NO4Si. The normalized spacial score (nSPS) is 33.0. The van der Waals surface area contributed by atoms with Crippen LogP contribution >= 0.6 is 0 Å². The van der Waals surface area contributed by atoms with E-state index in [4.69, 9.17) is 9.16 Å². The topological polar surface area (TPSA) is 64.6 Å². The van der Waals surface area contributed by atoms with E-state index in [1.807, 2.05) is 6.92 Å². The van der Waals surface area contributed by atoms with Gasteiger partial charge in [-0.25, -0.2) is 0 Å². The van der Waals surface area contributed by atoms with Gasteiger partial charge < -0.3 is 14.5 Å². The summed E-state index contributed by atoms with van der Waals surface area (Å²) in [4.78, 5) is 24.8. The number of Topliss-reactive ketones (excluding diaryl/α,β-unsaturated/α-hetero) is 1. The molecule has 0 aromatic heterocycles. The van der Waals surface area contributed by atoms with Gasteiger partial charge in [0.25, 0.3) is 0 Å². The molecule has 0 aromatic carbocycles. The van der Waals surface area contributed by atoms with E-state index in [-0.39, 0.29) is 46.8 Å². The van der Waals surface area contributed by atoms with Gasteiger partial charge in [0.2, 0.25) is 5.91 Å². The molecule has 0 radical (unpaired) electrons. The molecule has 1 saturated heterocycles. The van der Waals surface area contributed by atoms with Crippen LogP contribution in [0.5, 0.6) is 0 Å². The van der Waals surface area contributed by atoms with E-state index in [0.717, 1.165) is 19.3 Å². The number of ether oxygens (including phenoxy) is 1. The molecule has 2 rings (SSSR count). The van der Waals surface area contributed by atoms with Crippen molar-refractivity contribution in [2.75, 3.05) is 7.11 Å². The number of rotatable bonds is 5. The molecule has 1 aliphatic heterocycles. The van der Waals surface area contributed by atoms with Crippen LogP contribution in [0.15, 0.2) is 0 Å². The fraction of sp³-hybridized carbons (Fsp3) is 0.889. The maximum Gasteiger partial charge on any atom is 0.228 e. The maximum atomic E-state index is 12.6. The van der Waals surface area contributed by atoms with Gasteiger partial charge in [-0.2, -0.15) is 0 Å². The molecule has 24 heavy (non-hydrogen) atoms. The number of hydrogen-bond acceptors (Lipinski definition) is 4. The number of hydrogen-bond donors (Lipinski definition) is 1. The lowest BCUT2D eigenvalue weighted by molar-refractivity contribution is -0.149. The van der Waals surface area contributed by atoms with E-state index in [9.17, 15) is 9.59 Å². The minimum atomic E-state index is -1.95. The predicted octanol–water partition coefficient (Wildman–Crippen LogP) is 2.90. The minimum Gasteiger partial charge on any atom is -0.413 e. The summed E-state index contributed by atoms with van der Waals surface area (Å²) >= 11 is 0. The van der Waals surface area contributed by atoms with Crippen molar-refractivity contribution in [1.82, 2.24) is 5.32 Å². The van der Waals surface area contributed by atoms with Crippen LogP contribution in [0.3, 0.4) is 0 Å². The molecule has 0 unspecified atom stereocenters. The largest absolute Gasteiger partial charge is 0.413 e. The predicted molar refractivity (Wildman–Crippen MR) is 96.3 cm³/mol. The Bertz CT molecular complexity index is 500. The molecule has 0 bridgehead atoms. The minimum absolute atomic E-state index is 0.0125. The molecule has 1 N–H and O–H groups in total. The molecule has 2 aliphatic rings. The molecular weight excluding hydrogens is 322 g/mol. The quantitative estimate of drug-likeness (QED) is 0.608. The third kappa shape index (κ3) is 3.60. The average molecular weight is 356 g/mol. The van der Waals surface area contributed by atoms with Crippen LogP contribution in [0.2, 0.25) is 18.1 Å². The standard InChI is InChI=1S/C18H33NO4Si/c1-11(23-24(6,7)18(2,3)4)14-15(19-17(14)21)12-9-8-10-13(22-5)16(12)20/h11-15H,8-10H2,1-7H3,(H,19,21)/t11-,12+,13-,14-,15+/m1/s1. The first-order valence-electron chi connectivity index (χ1n) is 9.04. The SMILES string of the molecule is CO[C@@H]1CCC[C@@H]([C@@H]2NC(=O)[C@@H]2[C@@H](C)O[Si](C)(C)C(C)(C)C)C1=O. The Hall–Kier alpha value is -0.723. The molecule has 0 spiro atoms. The number of ketones is 1. The highest BCUT2D eigenvalue weighted by Crippen LogP contribution is 2.40. The maximum absolute atomic E-state index is 12.6. The lowest BCUT2D eigenvalue weighted by atomic mass is 9.71. The summed E-state index contributed by atoms with van der Waals surface area (Å²) in [5.41, 5.74) is 0. The second-order valence-electron chi connectivity index (χ2n) is 8.81. The van der Waals surface area contributed by atoms with E-state index in [0.29, 0.717) is 0 Å². The van der Waals surface area contributed by atoms with E-state index in [1.165, 1.54) is 0 Å². The van der Waals surface area contributed by atoms with Crippen LogP contribution < -0.4 is 5.32 Å². The Balaban J connectivity index is 2.09. The summed E-state index contributed by atoms with van der Waals surface area (Å²) in [5, 5.41) is 3.06. The second-order valence-corrected chi connectivity index (χ2v) is 13.6. The summed E-state index contributed by atoms with van der Waals surface area (Å²) in [6.07, 6.45) is 2.09. The first kappa shape index (κ1) is 19.6. The number of nitrogens with one attached hydrogen (secondary N) is 1. The van der Waals surface area contributed by atoms with Crippen molar-refractivity contribution in [1.29, 1.82) is 0 Å². The van der Waals surface area contributed by atoms with Gasteiger partial charge in [0.1, 0.15) is 6.10 Å². The van der Waals surface area contributed by atoms with E-state index in [2.05, 4.69) is 39.2 Å². The Morgan fingerprint density at radius 1 is 1.21 bits per heavy atom. The van der Waals surface area contributed by atoms with Gasteiger partial charge in [0.05, 0.1) is 18.1 Å². The Morgan fingerprint density at radius 3 is 2.33 bits per heavy atom. The second kappa shape index (κ2) is 6.88. The smallest absolute Gasteiger partial charge is 0.228 e. The number of amides is 1. The van der Waals surface area contributed by atoms with Crippen LogP contribution in [-0.4, -0.2) is 45.4 Å².